The van der Waals surface area contributed by atoms with Crippen LogP contribution in [0.5, 0.6) is 0 Å². The highest BCUT2D eigenvalue weighted by Crippen LogP contribution is 2.29. The molecule has 0 amide bonds. The third-order valence-electron chi connectivity index (χ3n) is 2.78. The lowest BCUT2D eigenvalue weighted by atomic mass is 10.2. The molecule has 2 N–H and O–H groups in total. The molecule has 0 saturated carbocycles. The van der Waals surface area contributed by atoms with Gasteiger partial charge >= 0.3 is 0 Å². The molecule has 0 atom stereocenters. The van der Waals surface area contributed by atoms with E-state index in [-0.39, 0.29) is 0 Å². The molecule has 3 rings (SSSR count). The number of nitrogens with zero attached hydrogens (tertiary/aromatic N) is 4. The van der Waals surface area contributed by atoms with Crippen molar-refractivity contribution < 1.29 is 0 Å². The van der Waals surface area contributed by atoms with Gasteiger partial charge in [0, 0.05) is 25.2 Å². The molecule has 1 heterocycles. The Balaban J connectivity index is 2.19. The summed E-state index contributed by atoms with van der Waals surface area (Å²) in [5, 5.41) is 12.5. The van der Waals surface area contributed by atoms with Crippen molar-refractivity contribution in [3.05, 3.63) is 50.4 Å². The molecular weight excluding hydrogens is 421 g/mol. The fraction of sp³-hybridized carbons (Fsp3) is 0. The largest absolute Gasteiger partial charge is 0.399 e. The summed E-state index contributed by atoms with van der Waals surface area (Å²) in [6, 6.07) is 10.9. The van der Waals surface area contributed by atoms with Gasteiger partial charge in [0.1, 0.15) is 0 Å². The molecule has 5 nitrogen and oxygen atoms in total. The van der Waals surface area contributed by atoms with Crippen LogP contribution in [0.4, 0.5) is 5.69 Å². The van der Waals surface area contributed by atoms with Crippen molar-refractivity contribution in [2.24, 2.45) is 0 Å². The first kappa shape index (κ1) is 14.5. The van der Waals surface area contributed by atoms with Gasteiger partial charge in [0.05, 0.1) is 5.69 Å². The van der Waals surface area contributed by atoms with Gasteiger partial charge in [0.15, 0.2) is 5.82 Å². The minimum atomic E-state index is 0.575. The molecule has 0 fully saturated rings. The van der Waals surface area contributed by atoms with Crippen LogP contribution in [0, 0.1) is 0 Å². The average molecular weight is 430 g/mol. The molecule has 3 aromatic rings. The summed E-state index contributed by atoms with van der Waals surface area (Å²) in [5.74, 6) is 0.575. The summed E-state index contributed by atoms with van der Waals surface area (Å²) in [6.07, 6.45) is 0. The molecule has 106 valence electrons. The van der Waals surface area contributed by atoms with Crippen LogP contribution in [-0.4, -0.2) is 20.2 Å². The molecule has 21 heavy (non-hydrogen) atoms. The standard InChI is InChI=1S/C13H8Br2ClN5/c14-8-3-7(4-10(17)5-8)13-18-19-20-21(13)12-6-9(16)1-2-11(12)15/h1-6H,17H2. The Morgan fingerprint density at radius 2 is 1.90 bits per heavy atom. The van der Waals surface area contributed by atoms with E-state index in [1.807, 2.05) is 24.3 Å². The van der Waals surface area contributed by atoms with E-state index in [0.29, 0.717) is 16.5 Å². The first-order valence-electron chi connectivity index (χ1n) is 5.85. The lowest BCUT2D eigenvalue weighted by Gasteiger charge is -2.08. The Hall–Kier alpha value is -1.44. The van der Waals surface area contributed by atoms with Crippen molar-refractivity contribution in [2.75, 3.05) is 5.73 Å². The Morgan fingerprint density at radius 1 is 1.10 bits per heavy atom. The first-order chi connectivity index (χ1) is 10.0. The monoisotopic (exact) mass is 427 g/mol. The molecule has 0 aliphatic rings. The summed E-state index contributed by atoms with van der Waals surface area (Å²) >= 11 is 12.9. The SMILES string of the molecule is Nc1cc(Br)cc(-c2nnnn2-c2cc(Cl)ccc2Br)c1. The van der Waals surface area contributed by atoms with Gasteiger partial charge in [-0.3, -0.25) is 0 Å². The summed E-state index contributed by atoms with van der Waals surface area (Å²) in [7, 11) is 0. The van der Waals surface area contributed by atoms with Crippen LogP contribution in [0.15, 0.2) is 45.3 Å². The zero-order valence-electron chi connectivity index (χ0n) is 10.5. The molecule has 0 aliphatic carbocycles. The quantitative estimate of drug-likeness (QED) is 0.623. The van der Waals surface area contributed by atoms with Crippen molar-refractivity contribution in [3.8, 4) is 17.1 Å². The lowest BCUT2D eigenvalue weighted by Crippen LogP contribution is -2.01. The molecule has 0 unspecified atom stereocenters. The van der Waals surface area contributed by atoms with Crippen LogP contribution >= 0.6 is 43.5 Å². The predicted octanol–water partition coefficient (Wildman–Crippen LogP) is 4.09. The van der Waals surface area contributed by atoms with E-state index >= 15 is 0 Å². The zero-order chi connectivity index (χ0) is 15.0. The van der Waals surface area contributed by atoms with Crippen LogP contribution in [0.3, 0.4) is 0 Å². The fourth-order valence-corrected chi connectivity index (χ4v) is 3.01. The van der Waals surface area contributed by atoms with Crippen molar-refractivity contribution in [1.82, 2.24) is 20.2 Å². The molecule has 0 spiro atoms. The van der Waals surface area contributed by atoms with Crippen molar-refractivity contribution in [3.63, 3.8) is 0 Å². The second-order valence-corrected chi connectivity index (χ2v) is 6.49. The Morgan fingerprint density at radius 3 is 2.67 bits per heavy atom. The Labute approximate surface area is 142 Å². The van der Waals surface area contributed by atoms with E-state index in [1.165, 1.54) is 0 Å². The van der Waals surface area contributed by atoms with Gasteiger partial charge in [-0.25, -0.2) is 0 Å². The van der Waals surface area contributed by atoms with E-state index < -0.39 is 0 Å². The third-order valence-corrected chi connectivity index (χ3v) is 4.15. The minimum absolute atomic E-state index is 0.575. The molecule has 0 radical (unpaired) electrons. The van der Waals surface area contributed by atoms with Crippen molar-refractivity contribution in [1.29, 1.82) is 0 Å². The van der Waals surface area contributed by atoms with Gasteiger partial charge in [0.2, 0.25) is 0 Å². The molecular formula is C13H8Br2ClN5. The maximum atomic E-state index is 6.05. The first-order valence-corrected chi connectivity index (χ1v) is 7.81. The van der Waals surface area contributed by atoms with E-state index in [1.54, 1.807) is 16.8 Å². The second kappa shape index (κ2) is 5.75. The smallest absolute Gasteiger partial charge is 0.187 e. The number of halogens is 3. The van der Waals surface area contributed by atoms with Crippen molar-refractivity contribution in [2.45, 2.75) is 0 Å². The number of anilines is 1. The molecule has 0 bridgehead atoms. The summed E-state index contributed by atoms with van der Waals surface area (Å²) in [5.41, 5.74) is 8.05. The fourth-order valence-electron chi connectivity index (χ4n) is 1.92. The normalized spacial score (nSPS) is 10.8. The van der Waals surface area contributed by atoms with Gasteiger partial charge in [0.25, 0.3) is 0 Å². The summed E-state index contributed by atoms with van der Waals surface area (Å²) < 4.78 is 3.30. The summed E-state index contributed by atoms with van der Waals surface area (Å²) in [6.45, 7) is 0. The van der Waals surface area contributed by atoms with Crippen molar-refractivity contribution >= 4 is 49.1 Å². The number of benzene rings is 2. The molecule has 1 aromatic heterocycles. The van der Waals surface area contributed by atoms with E-state index in [4.69, 9.17) is 17.3 Å². The highest BCUT2D eigenvalue weighted by molar-refractivity contribution is 9.10. The summed E-state index contributed by atoms with van der Waals surface area (Å²) in [4.78, 5) is 0. The number of tetrazole rings is 1. The van der Waals surface area contributed by atoms with Gasteiger partial charge < -0.3 is 5.73 Å². The van der Waals surface area contributed by atoms with E-state index in [0.717, 1.165) is 20.2 Å². The maximum Gasteiger partial charge on any atom is 0.187 e. The number of nitrogens with two attached hydrogens (primary N) is 1. The highest BCUT2D eigenvalue weighted by atomic mass is 79.9. The van der Waals surface area contributed by atoms with E-state index in [9.17, 15) is 0 Å². The predicted molar refractivity (Wildman–Crippen MR) is 89.4 cm³/mol. The third kappa shape index (κ3) is 2.95. The lowest BCUT2D eigenvalue weighted by molar-refractivity contribution is 0.789. The maximum absolute atomic E-state index is 6.05. The minimum Gasteiger partial charge on any atom is -0.399 e. The number of rotatable bonds is 2. The van der Waals surface area contributed by atoms with Gasteiger partial charge in [-0.1, -0.05) is 27.5 Å². The Bertz CT molecular complexity index is 798. The van der Waals surface area contributed by atoms with E-state index in [2.05, 4.69) is 47.4 Å². The molecule has 0 aliphatic heterocycles. The zero-order valence-corrected chi connectivity index (χ0v) is 14.4. The van der Waals surface area contributed by atoms with Crippen LogP contribution < -0.4 is 5.73 Å². The Kier molecular flexibility index (Phi) is 3.97. The topological polar surface area (TPSA) is 69.6 Å². The average Bonchev–Trinajstić information content (AvgIpc) is 2.89. The molecule has 8 heteroatoms. The van der Waals surface area contributed by atoms with Gasteiger partial charge in [-0.15, -0.1) is 5.10 Å². The van der Waals surface area contributed by atoms with Gasteiger partial charge in [-0.05, 0) is 62.8 Å². The van der Waals surface area contributed by atoms with Crippen LogP contribution in [-0.2, 0) is 0 Å². The number of nitrogen functional groups attached to an aromatic ring is 1. The molecule has 2 aromatic carbocycles. The van der Waals surface area contributed by atoms with Crippen LogP contribution in [0.25, 0.3) is 17.1 Å². The van der Waals surface area contributed by atoms with Crippen LogP contribution in [0.2, 0.25) is 5.02 Å². The number of hydrogen-bond donors (Lipinski definition) is 1. The van der Waals surface area contributed by atoms with Crippen LogP contribution in [0.1, 0.15) is 0 Å². The molecule has 0 saturated heterocycles. The number of hydrogen-bond acceptors (Lipinski definition) is 4. The highest BCUT2D eigenvalue weighted by Gasteiger charge is 2.14. The van der Waals surface area contributed by atoms with Gasteiger partial charge in [-0.2, -0.15) is 4.68 Å². The second-order valence-electron chi connectivity index (χ2n) is 4.28. The number of aromatic nitrogens is 4.